The molecule has 0 saturated carbocycles. The van der Waals surface area contributed by atoms with Gasteiger partial charge in [-0.05, 0) is 10.7 Å². The zero-order valence-electron chi connectivity index (χ0n) is 6.15. The van der Waals surface area contributed by atoms with Crippen LogP contribution in [0.15, 0.2) is 21.9 Å². The molecule has 2 atom stereocenters. The van der Waals surface area contributed by atoms with E-state index in [-0.39, 0.29) is 5.84 Å². The average Bonchev–Trinajstić information content (AvgIpc) is 2.53. The van der Waals surface area contributed by atoms with Crippen LogP contribution in [0.4, 0.5) is 0 Å². The maximum atomic E-state index is 7.53. The van der Waals surface area contributed by atoms with Crippen molar-refractivity contribution < 1.29 is 4.52 Å². The Balaban J connectivity index is 2.79. The topological polar surface area (TPSA) is 126 Å². The highest BCUT2D eigenvalue weighted by molar-refractivity contribution is 7.87. The minimum absolute atomic E-state index is 0.212. The van der Waals surface area contributed by atoms with Gasteiger partial charge in [0.15, 0.2) is 5.03 Å². The first-order chi connectivity index (χ1) is 5.63. The first-order valence-electron chi connectivity index (χ1n) is 3.07. The van der Waals surface area contributed by atoms with Crippen molar-refractivity contribution in [1.82, 2.24) is 5.16 Å². The van der Waals surface area contributed by atoms with Crippen LogP contribution in [0.2, 0.25) is 0 Å². The molecule has 6 nitrogen and oxygen atoms in total. The van der Waals surface area contributed by atoms with Crippen LogP contribution in [0.1, 0.15) is 0 Å². The second-order valence-electron chi connectivity index (χ2n) is 2.05. The van der Waals surface area contributed by atoms with E-state index in [2.05, 4.69) is 9.68 Å². The second-order valence-corrected chi connectivity index (χ2v) is 3.65. The van der Waals surface area contributed by atoms with E-state index in [4.69, 9.17) is 21.7 Å². The van der Waals surface area contributed by atoms with Crippen LogP contribution in [-0.4, -0.2) is 16.4 Å². The summed E-state index contributed by atoms with van der Waals surface area (Å²) in [7, 11) is -1.10. The number of nitrogens with one attached hydrogen (secondary N) is 2. The van der Waals surface area contributed by atoms with Crippen molar-refractivity contribution in [3.8, 4) is 0 Å². The van der Waals surface area contributed by atoms with E-state index in [1.807, 2.05) is 0 Å². The summed E-state index contributed by atoms with van der Waals surface area (Å²) in [6.07, 6.45) is 1.36. The Bertz CT molecular complexity index is 295. The Hall–Kier alpha value is -1.21. The van der Waals surface area contributed by atoms with E-state index in [9.17, 15) is 0 Å². The molecule has 7 heteroatoms. The molecule has 1 rings (SSSR count). The van der Waals surface area contributed by atoms with Gasteiger partial charge < -0.3 is 16.0 Å². The summed E-state index contributed by atoms with van der Waals surface area (Å²) >= 11 is 0. The van der Waals surface area contributed by atoms with E-state index < -0.39 is 16.1 Å². The number of aromatic nitrogens is 1. The van der Waals surface area contributed by atoms with Crippen molar-refractivity contribution >= 4 is 16.5 Å². The second kappa shape index (κ2) is 3.46. The van der Waals surface area contributed by atoms with E-state index >= 15 is 0 Å². The van der Waals surface area contributed by atoms with E-state index in [1.165, 1.54) is 6.26 Å². The van der Waals surface area contributed by atoms with Gasteiger partial charge in [-0.1, -0.05) is 5.16 Å². The van der Waals surface area contributed by atoms with Crippen molar-refractivity contribution in [2.75, 3.05) is 0 Å². The van der Waals surface area contributed by atoms with Crippen molar-refractivity contribution in [2.45, 2.75) is 10.4 Å². The fourth-order valence-electron chi connectivity index (χ4n) is 0.572. The SMILES string of the molecule is N=C(N)C(N)S(=N)c1ccon1. The Morgan fingerprint density at radius 3 is 2.83 bits per heavy atom. The Labute approximate surface area is 71.3 Å². The third kappa shape index (κ3) is 1.69. The number of hydrogen-bond acceptors (Lipinski definition) is 5. The van der Waals surface area contributed by atoms with E-state index in [1.54, 1.807) is 6.07 Å². The molecule has 0 radical (unpaired) electrons. The molecule has 0 spiro atoms. The zero-order valence-corrected chi connectivity index (χ0v) is 6.97. The van der Waals surface area contributed by atoms with Crippen molar-refractivity contribution in [2.24, 2.45) is 11.5 Å². The normalized spacial score (nSPS) is 15.4. The quantitative estimate of drug-likeness (QED) is 0.380. The van der Waals surface area contributed by atoms with Gasteiger partial charge in [-0.2, -0.15) is 0 Å². The third-order valence-electron chi connectivity index (χ3n) is 1.20. The fourth-order valence-corrected chi connectivity index (χ4v) is 1.41. The molecule has 0 aliphatic carbocycles. The molecule has 0 amide bonds. The Morgan fingerprint density at radius 2 is 2.42 bits per heavy atom. The van der Waals surface area contributed by atoms with Gasteiger partial charge in [0.25, 0.3) is 0 Å². The highest BCUT2D eigenvalue weighted by Gasteiger charge is 2.14. The minimum Gasteiger partial charge on any atom is -0.386 e. The summed E-state index contributed by atoms with van der Waals surface area (Å²) in [5.74, 6) is -0.212. The molecule has 12 heavy (non-hydrogen) atoms. The maximum Gasteiger partial charge on any atom is 0.152 e. The summed E-state index contributed by atoms with van der Waals surface area (Å²) < 4.78 is 12.1. The van der Waals surface area contributed by atoms with Crippen LogP contribution in [0.3, 0.4) is 0 Å². The van der Waals surface area contributed by atoms with Gasteiger partial charge in [0, 0.05) is 6.07 Å². The molecule has 1 heterocycles. The van der Waals surface area contributed by atoms with Crippen LogP contribution in [0, 0.1) is 10.2 Å². The van der Waals surface area contributed by atoms with Gasteiger partial charge in [-0.3, -0.25) is 10.2 Å². The lowest BCUT2D eigenvalue weighted by Crippen LogP contribution is -2.39. The summed E-state index contributed by atoms with van der Waals surface area (Å²) in [6, 6.07) is 1.54. The fraction of sp³-hybridized carbons (Fsp3) is 0.200. The molecule has 0 fully saturated rings. The number of nitrogens with two attached hydrogens (primary N) is 2. The number of amidine groups is 1. The summed E-state index contributed by atoms with van der Waals surface area (Å²) in [5, 5.41) is 10.2. The molecule has 0 aliphatic heterocycles. The molecule has 0 saturated heterocycles. The summed E-state index contributed by atoms with van der Waals surface area (Å²) in [4.78, 5) is 0. The molecule has 0 aromatic carbocycles. The first-order valence-corrected chi connectivity index (χ1v) is 4.36. The standard InChI is InChI=1S/C5H9N5OS/c6-4(7)5(8)12(9)3-1-2-11-10-3/h1-2,5,9H,8H2,(H3,6,7). The number of nitrogens with zero attached hydrogens (tertiary/aromatic N) is 1. The molecule has 1 aromatic rings. The number of rotatable bonds is 3. The van der Waals surface area contributed by atoms with Crippen LogP contribution >= 0.6 is 0 Å². The van der Waals surface area contributed by atoms with Crippen molar-refractivity contribution in [3.05, 3.63) is 12.3 Å². The Morgan fingerprint density at radius 1 is 1.75 bits per heavy atom. The first kappa shape index (κ1) is 8.88. The van der Waals surface area contributed by atoms with Gasteiger partial charge in [0.2, 0.25) is 0 Å². The van der Waals surface area contributed by atoms with Gasteiger partial charge in [0.05, 0.1) is 0 Å². The monoisotopic (exact) mass is 187 g/mol. The molecular formula is C5H9N5OS. The van der Waals surface area contributed by atoms with Crippen molar-refractivity contribution in [3.63, 3.8) is 0 Å². The van der Waals surface area contributed by atoms with Crippen LogP contribution < -0.4 is 11.5 Å². The molecule has 2 unspecified atom stereocenters. The lowest BCUT2D eigenvalue weighted by atomic mass is 10.6. The molecule has 0 aliphatic rings. The van der Waals surface area contributed by atoms with Crippen molar-refractivity contribution in [1.29, 1.82) is 10.2 Å². The van der Waals surface area contributed by atoms with Gasteiger partial charge in [0.1, 0.15) is 17.5 Å². The molecule has 6 N–H and O–H groups in total. The van der Waals surface area contributed by atoms with Gasteiger partial charge in [-0.15, -0.1) is 0 Å². The predicted octanol–water partition coefficient (Wildman–Crippen LogP) is -0.365. The minimum atomic E-state index is -1.10. The highest BCUT2D eigenvalue weighted by atomic mass is 32.2. The predicted molar refractivity (Wildman–Crippen MR) is 44.7 cm³/mol. The molecular weight excluding hydrogens is 178 g/mol. The van der Waals surface area contributed by atoms with Gasteiger partial charge in [-0.25, -0.2) is 0 Å². The van der Waals surface area contributed by atoms with Gasteiger partial charge >= 0.3 is 0 Å². The van der Waals surface area contributed by atoms with Crippen LogP contribution in [0.5, 0.6) is 0 Å². The van der Waals surface area contributed by atoms with E-state index in [0.29, 0.717) is 5.03 Å². The third-order valence-corrected chi connectivity index (χ3v) is 2.62. The highest BCUT2D eigenvalue weighted by Crippen LogP contribution is 2.05. The summed E-state index contributed by atoms with van der Waals surface area (Å²) in [6.45, 7) is 0. The smallest absolute Gasteiger partial charge is 0.152 e. The lowest BCUT2D eigenvalue weighted by Gasteiger charge is -2.08. The van der Waals surface area contributed by atoms with E-state index in [0.717, 1.165) is 0 Å². The Kier molecular flexibility index (Phi) is 2.56. The lowest BCUT2D eigenvalue weighted by molar-refractivity contribution is 0.403. The zero-order chi connectivity index (χ0) is 9.14. The molecule has 1 aromatic heterocycles. The molecule has 0 bridgehead atoms. The largest absolute Gasteiger partial charge is 0.386 e. The average molecular weight is 187 g/mol. The molecule has 66 valence electrons. The summed E-state index contributed by atoms with van der Waals surface area (Å²) in [5.41, 5.74) is 10.6. The maximum absolute atomic E-state index is 7.53. The van der Waals surface area contributed by atoms with Crippen LogP contribution in [-0.2, 0) is 10.7 Å². The number of hydrogen-bond donors (Lipinski definition) is 4. The van der Waals surface area contributed by atoms with Crippen LogP contribution in [0.25, 0.3) is 0 Å².